The normalized spacial score (nSPS) is 39.2. The molecule has 6 heteroatoms. The van der Waals surface area contributed by atoms with Crippen LogP contribution in [0.25, 0.3) is 0 Å². The van der Waals surface area contributed by atoms with Crippen molar-refractivity contribution in [3.05, 3.63) is 0 Å². The van der Waals surface area contributed by atoms with Crippen LogP contribution in [0.1, 0.15) is 40.0 Å². The van der Waals surface area contributed by atoms with Crippen LogP contribution in [0.4, 0.5) is 0 Å². The topological polar surface area (TPSA) is 66.8 Å². The van der Waals surface area contributed by atoms with E-state index < -0.39 is 7.32 Å². The standard InChI is InChI=1S/C10H19BO3.O.Zn/c1-9(2)7-4-5-10(9,3)8(6-7)14-11(12)13;;/h7-8,12-13H,4-6H2,1-3H3;;/t7-,8+,10-;;/m1../s1. The van der Waals surface area contributed by atoms with Gasteiger partial charge in [-0.1, -0.05) is 20.8 Å². The molecule has 2 fully saturated rings. The Morgan fingerprint density at radius 2 is 1.88 bits per heavy atom. The summed E-state index contributed by atoms with van der Waals surface area (Å²) in [5.41, 5.74) is 0.383. The van der Waals surface area contributed by atoms with Crippen molar-refractivity contribution in [2.45, 2.75) is 46.1 Å². The minimum absolute atomic E-state index is 0.0104. The van der Waals surface area contributed by atoms with Gasteiger partial charge in [0.25, 0.3) is 0 Å². The number of rotatable bonds is 2. The second-order valence-electron chi connectivity index (χ2n) is 5.56. The van der Waals surface area contributed by atoms with Crippen LogP contribution in [-0.4, -0.2) is 23.5 Å². The molecule has 0 spiro atoms. The van der Waals surface area contributed by atoms with Gasteiger partial charge in [-0.25, -0.2) is 0 Å². The maximum atomic E-state index is 8.86. The molecule has 2 aliphatic rings. The summed E-state index contributed by atoms with van der Waals surface area (Å²) < 4.78 is 13.6. The van der Waals surface area contributed by atoms with Crippen molar-refractivity contribution in [2.24, 2.45) is 16.7 Å². The van der Waals surface area contributed by atoms with Gasteiger partial charge in [0.05, 0.1) is 6.10 Å². The quantitative estimate of drug-likeness (QED) is 0.742. The molecular weight excluding hydrogens is 260 g/mol. The molecule has 0 aromatic heterocycles. The molecule has 0 aromatic rings. The van der Waals surface area contributed by atoms with Crippen molar-refractivity contribution in [1.82, 2.24) is 0 Å². The minimum atomic E-state index is -1.62. The van der Waals surface area contributed by atoms with Crippen molar-refractivity contribution >= 4 is 7.32 Å². The first-order valence-electron chi connectivity index (χ1n) is 5.68. The maximum absolute atomic E-state index is 8.86. The summed E-state index contributed by atoms with van der Waals surface area (Å²) in [4.78, 5) is 0. The van der Waals surface area contributed by atoms with Gasteiger partial charge in [0.1, 0.15) is 0 Å². The van der Waals surface area contributed by atoms with Gasteiger partial charge in [0.15, 0.2) is 0 Å². The Morgan fingerprint density at radius 3 is 2.19 bits per heavy atom. The molecule has 0 radical (unpaired) electrons. The first kappa shape index (κ1) is 14.4. The molecule has 0 heterocycles. The van der Waals surface area contributed by atoms with Crippen LogP contribution in [0.2, 0.25) is 0 Å². The third-order valence-corrected chi connectivity index (χ3v) is 5.00. The molecule has 2 rings (SSSR count). The summed E-state index contributed by atoms with van der Waals surface area (Å²) in [5.74, 6) is 0.677. The number of hydrogen-bond acceptors (Lipinski definition) is 4. The average molecular weight is 279 g/mol. The Bertz CT molecular complexity index is 261. The van der Waals surface area contributed by atoms with Crippen LogP contribution in [0, 0.1) is 16.7 Å². The number of hydrogen-bond donors (Lipinski definition) is 2. The summed E-state index contributed by atoms with van der Waals surface area (Å²) in [6.07, 6.45) is 3.38. The molecule has 2 N–H and O–H groups in total. The molecule has 88 valence electrons. The van der Waals surface area contributed by atoms with E-state index >= 15 is 0 Å². The van der Waals surface area contributed by atoms with E-state index in [0.717, 1.165) is 12.8 Å². The third-order valence-electron chi connectivity index (χ3n) is 5.00. The van der Waals surface area contributed by atoms with Gasteiger partial charge in [-0.05, 0) is 36.0 Å². The van der Waals surface area contributed by atoms with Gasteiger partial charge in [-0.15, -0.1) is 0 Å². The Balaban J connectivity index is 0.000000606. The van der Waals surface area contributed by atoms with Gasteiger partial charge in [0.2, 0.25) is 0 Å². The molecule has 0 unspecified atom stereocenters. The van der Waals surface area contributed by atoms with Crippen LogP contribution >= 0.6 is 0 Å². The molecule has 3 atom stereocenters. The van der Waals surface area contributed by atoms with Crippen molar-refractivity contribution in [3.63, 3.8) is 0 Å². The molecule has 2 aliphatic carbocycles. The van der Waals surface area contributed by atoms with Gasteiger partial charge in [0, 0.05) is 0 Å². The van der Waals surface area contributed by atoms with E-state index in [9.17, 15) is 0 Å². The van der Waals surface area contributed by atoms with Gasteiger partial charge in [-0.3, -0.25) is 0 Å². The molecule has 2 bridgehead atoms. The van der Waals surface area contributed by atoms with E-state index in [1.54, 1.807) is 0 Å². The van der Waals surface area contributed by atoms with E-state index in [1.807, 2.05) is 0 Å². The average Bonchev–Trinajstić information content (AvgIpc) is 2.53. The second kappa shape index (κ2) is 4.93. The zero-order valence-corrected chi connectivity index (χ0v) is 13.2. The molecule has 4 nitrogen and oxygen atoms in total. The van der Waals surface area contributed by atoms with Gasteiger partial charge >= 0.3 is 29.1 Å². The predicted molar refractivity (Wildman–Crippen MR) is 55.0 cm³/mol. The van der Waals surface area contributed by atoms with Crippen LogP contribution in [0.5, 0.6) is 0 Å². The first-order valence-corrected chi connectivity index (χ1v) is 6.89. The third kappa shape index (κ3) is 2.05. The molecule has 2 saturated carbocycles. The van der Waals surface area contributed by atoms with Gasteiger partial charge < -0.3 is 14.7 Å². The monoisotopic (exact) mass is 278 g/mol. The van der Waals surface area contributed by atoms with E-state index in [2.05, 4.69) is 20.8 Å². The first-order chi connectivity index (χ1) is 7.38. The van der Waals surface area contributed by atoms with E-state index in [0.29, 0.717) is 5.92 Å². The molecule has 0 aromatic carbocycles. The van der Waals surface area contributed by atoms with Crippen LogP contribution in [0.15, 0.2) is 0 Å². The van der Waals surface area contributed by atoms with E-state index in [-0.39, 0.29) is 35.2 Å². The Kier molecular flexibility index (Phi) is 4.45. The molecule has 16 heavy (non-hydrogen) atoms. The Labute approximate surface area is 107 Å². The summed E-state index contributed by atoms with van der Waals surface area (Å²) >= 11 is 0.125. The fourth-order valence-corrected chi connectivity index (χ4v) is 3.48. The molecule has 0 aliphatic heterocycles. The zero-order valence-electron chi connectivity index (χ0n) is 10.3. The molecule has 0 saturated heterocycles. The van der Waals surface area contributed by atoms with Crippen LogP contribution in [-0.2, 0) is 26.5 Å². The fraction of sp³-hybridized carbons (Fsp3) is 1.00. The van der Waals surface area contributed by atoms with E-state index in [1.165, 1.54) is 6.42 Å². The predicted octanol–water partition coefficient (Wildman–Crippen LogP) is 1.07. The van der Waals surface area contributed by atoms with Crippen molar-refractivity contribution < 1.29 is 36.5 Å². The second-order valence-corrected chi connectivity index (χ2v) is 5.56. The molecular formula is C10H19BO4Zn. The molecule has 0 amide bonds. The summed E-state index contributed by atoms with van der Waals surface area (Å²) in [5, 5.41) is 17.7. The Hall–Kier alpha value is 0.368. The van der Waals surface area contributed by atoms with Crippen molar-refractivity contribution in [1.29, 1.82) is 0 Å². The zero-order chi connectivity index (χ0) is 12.6. The Morgan fingerprint density at radius 1 is 1.31 bits per heavy atom. The number of fused-ring (bicyclic) bond motifs is 2. The summed E-state index contributed by atoms with van der Waals surface area (Å²) in [7, 11) is -1.62. The SMILES string of the molecule is CC1(C)[C@@H]2CC[C@]1(C)[C@@H](OB(O)O)C2.[O]=[Zn]. The van der Waals surface area contributed by atoms with Gasteiger partial charge in [-0.2, -0.15) is 0 Å². The van der Waals surface area contributed by atoms with Crippen LogP contribution in [0.3, 0.4) is 0 Å². The van der Waals surface area contributed by atoms with E-state index in [4.69, 9.17) is 18.3 Å². The summed E-state index contributed by atoms with van der Waals surface area (Å²) in [6.45, 7) is 6.77. The fourth-order valence-electron chi connectivity index (χ4n) is 3.48. The van der Waals surface area contributed by atoms with Crippen molar-refractivity contribution in [2.75, 3.05) is 0 Å². The van der Waals surface area contributed by atoms with Crippen LogP contribution < -0.4 is 0 Å². The van der Waals surface area contributed by atoms with Crippen molar-refractivity contribution in [3.8, 4) is 0 Å². The summed E-state index contributed by atoms with van der Waals surface area (Å²) in [6, 6.07) is 0.